The first-order chi connectivity index (χ1) is 12.5. The zero-order chi connectivity index (χ0) is 18.7. The quantitative estimate of drug-likeness (QED) is 0.469. The number of hydrogen-bond acceptors (Lipinski definition) is 5. The van der Waals surface area contributed by atoms with Gasteiger partial charge >= 0.3 is 0 Å². The molecule has 0 aromatic heterocycles. The minimum atomic E-state index is -0.525. The normalized spacial score (nSPS) is 10.3. The Morgan fingerprint density at radius 1 is 0.692 bits per heavy atom. The van der Waals surface area contributed by atoms with Crippen molar-refractivity contribution in [3.63, 3.8) is 0 Å². The van der Waals surface area contributed by atoms with Gasteiger partial charge < -0.3 is 4.90 Å². The summed E-state index contributed by atoms with van der Waals surface area (Å²) in [6.45, 7) is 0. The lowest BCUT2D eigenvalue weighted by Crippen LogP contribution is -2.11. The number of rotatable bonds is 5. The second-order valence-electron chi connectivity index (χ2n) is 5.33. The first kappa shape index (κ1) is 17.0. The third kappa shape index (κ3) is 3.34. The predicted molar refractivity (Wildman–Crippen MR) is 94.4 cm³/mol. The van der Waals surface area contributed by atoms with E-state index in [0.717, 1.165) is 0 Å². The average molecular weight is 353 g/mol. The third-order valence-corrected chi connectivity index (χ3v) is 3.73. The minimum Gasteiger partial charge on any atom is -0.308 e. The van der Waals surface area contributed by atoms with Gasteiger partial charge in [0.2, 0.25) is 0 Å². The van der Waals surface area contributed by atoms with E-state index in [4.69, 9.17) is 0 Å². The van der Waals surface area contributed by atoms with Gasteiger partial charge in [-0.05, 0) is 36.4 Å². The molecule has 0 heterocycles. The van der Waals surface area contributed by atoms with Crippen molar-refractivity contribution in [3.05, 3.63) is 98.8 Å². The largest absolute Gasteiger partial charge is 0.308 e. The van der Waals surface area contributed by atoms with Crippen molar-refractivity contribution < 1.29 is 14.2 Å². The SMILES string of the molecule is O=[N+]([O-])c1ccc(N(c2ccc([N+](=O)[O-])cc2)c2ccccc2F)cc1. The number of hydrogen-bond donors (Lipinski definition) is 0. The van der Waals surface area contributed by atoms with E-state index >= 15 is 0 Å². The van der Waals surface area contributed by atoms with Crippen LogP contribution in [0.2, 0.25) is 0 Å². The number of anilines is 3. The summed E-state index contributed by atoms with van der Waals surface area (Å²) in [4.78, 5) is 22.2. The van der Waals surface area contributed by atoms with Crippen LogP contribution in [0.5, 0.6) is 0 Å². The van der Waals surface area contributed by atoms with E-state index in [9.17, 15) is 24.6 Å². The van der Waals surface area contributed by atoms with Gasteiger partial charge in [-0.25, -0.2) is 4.39 Å². The fraction of sp³-hybridized carbons (Fsp3) is 0. The van der Waals surface area contributed by atoms with E-state index in [1.54, 1.807) is 18.2 Å². The molecule has 0 amide bonds. The summed E-state index contributed by atoms with van der Waals surface area (Å²) in [7, 11) is 0. The molecule has 0 unspecified atom stereocenters. The van der Waals surface area contributed by atoms with Crippen molar-refractivity contribution in [1.82, 2.24) is 0 Å². The number of halogens is 1. The highest BCUT2D eigenvalue weighted by Gasteiger charge is 2.18. The van der Waals surface area contributed by atoms with Crippen molar-refractivity contribution in [2.75, 3.05) is 4.90 Å². The summed E-state index contributed by atoms with van der Waals surface area (Å²) < 4.78 is 14.4. The van der Waals surface area contributed by atoms with E-state index < -0.39 is 15.7 Å². The fourth-order valence-corrected chi connectivity index (χ4v) is 2.51. The van der Waals surface area contributed by atoms with Gasteiger partial charge in [0.25, 0.3) is 11.4 Å². The number of non-ortho nitro benzene ring substituents is 2. The van der Waals surface area contributed by atoms with E-state index in [1.807, 2.05) is 0 Å². The molecule has 0 saturated carbocycles. The Morgan fingerprint density at radius 2 is 1.12 bits per heavy atom. The maximum Gasteiger partial charge on any atom is 0.269 e. The first-order valence-corrected chi connectivity index (χ1v) is 7.51. The van der Waals surface area contributed by atoms with Gasteiger partial charge in [0.15, 0.2) is 0 Å². The van der Waals surface area contributed by atoms with Gasteiger partial charge in [0.05, 0.1) is 15.5 Å². The van der Waals surface area contributed by atoms with Crippen LogP contribution in [-0.4, -0.2) is 9.85 Å². The van der Waals surface area contributed by atoms with Crippen LogP contribution in [-0.2, 0) is 0 Å². The number of nitro benzene ring substituents is 2. The lowest BCUT2D eigenvalue weighted by atomic mass is 10.1. The van der Waals surface area contributed by atoms with Crippen molar-refractivity contribution in [3.8, 4) is 0 Å². The van der Waals surface area contributed by atoms with Crippen LogP contribution >= 0.6 is 0 Å². The number of nitrogens with zero attached hydrogens (tertiary/aromatic N) is 3. The van der Waals surface area contributed by atoms with Crippen molar-refractivity contribution in [2.24, 2.45) is 0 Å². The Kier molecular flexibility index (Phi) is 4.57. The molecule has 0 spiro atoms. The average Bonchev–Trinajstić information content (AvgIpc) is 2.64. The molecule has 0 aliphatic rings. The standard InChI is InChI=1S/C18H12FN3O4/c19-17-3-1-2-4-18(17)20(13-5-9-15(10-6-13)21(23)24)14-7-11-16(12-8-14)22(25)26/h1-12H. The van der Waals surface area contributed by atoms with Crippen LogP contribution in [0.15, 0.2) is 72.8 Å². The molecule has 7 nitrogen and oxygen atoms in total. The summed E-state index contributed by atoms with van der Waals surface area (Å²) in [5.74, 6) is -0.496. The smallest absolute Gasteiger partial charge is 0.269 e. The van der Waals surface area contributed by atoms with Crippen molar-refractivity contribution in [2.45, 2.75) is 0 Å². The summed E-state index contributed by atoms with van der Waals surface area (Å²) in [6.07, 6.45) is 0. The molecule has 0 N–H and O–H groups in total. The Balaban J connectivity index is 2.12. The van der Waals surface area contributed by atoms with Gasteiger partial charge in [-0.3, -0.25) is 20.2 Å². The van der Waals surface area contributed by atoms with Gasteiger partial charge in [-0.15, -0.1) is 0 Å². The molecule has 0 radical (unpaired) electrons. The zero-order valence-corrected chi connectivity index (χ0v) is 13.3. The molecule has 8 heteroatoms. The molecule has 3 aromatic rings. The van der Waals surface area contributed by atoms with Gasteiger partial charge in [-0.1, -0.05) is 12.1 Å². The van der Waals surface area contributed by atoms with Crippen molar-refractivity contribution >= 4 is 28.4 Å². The van der Waals surface area contributed by atoms with E-state index in [-0.39, 0.29) is 17.1 Å². The second kappa shape index (κ2) is 6.98. The first-order valence-electron chi connectivity index (χ1n) is 7.51. The topological polar surface area (TPSA) is 89.5 Å². The molecule has 3 aromatic carbocycles. The number of nitro groups is 2. The Hall–Kier alpha value is -3.81. The highest BCUT2D eigenvalue weighted by molar-refractivity contribution is 5.77. The number of benzene rings is 3. The van der Waals surface area contributed by atoms with Crippen LogP contribution in [0.3, 0.4) is 0 Å². The van der Waals surface area contributed by atoms with E-state index in [1.165, 1.54) is 59.5 Å². The predicted octanol–water partition coefficient (Wildman–Crippen LogP) is 5.11. The zero-order valence-electron chi connectivity index (χ0n) is 13.3. The summed E-state index contributed by atoms with van der Waals surface area (Å²) in [5, 5.41) is 21.7. The van der Waals surface area contributed by atoms with Crippen LogP contribution in [0.1, 0.15) is 0 Å². The fourth-order valence-electron chi connectivity index (χ4n) is 2.51. The Morgan fingerprint density at radius 3 is 1.50 bits per heavy atom. The number of para-hydroxylation sites is 1. The highest BCUT2D eigenvalue weighted by atomic mass is 19.1. The Bertz CT molecular complexity index is 901. The molecular weight excluding hydrogens is 341 g/mol. The summed E-state index contributed by atoms with van der Waals surface area (Å²) in [5.41, 5.74) is 0.996. The molecule has 0 aliphatic carbocycles. The molecule has 0 atom stereocenters. The van der Waals surface area contributed by atoms with Crippen LogP contribution in [0.25, 0.3) is 0 Å². The van der Waals surface area contributed by atoms with Crippen molar-refractivity contribution in [1.29, 1.82) is 0 Å². The molecule has 0 fully saturated rings. The van der Waals surface area contributed by atoms with Crippen LogP contribution in [0.4, 0.5) is 32.8 Å². The lowest BCUT2D eigenvalue weighted by molar-refractivity contribution is -0.385. The molecule has 130 valence electrons. The molecule has 26 heavy (non-hydrogen) atoms. The molecule has 3 rings (SSSR count). The minimum absolute atomic E-state index is 0.0917. The monoisotopic (exact) mass is 353 g/mol. The lowest BCUT2D eigenvalue weighted by Gasteiger charge is -2.25. The maximum atomic E-state index is 14.4. The van der Waals surface area contributed by atoms with Gasteiger partial charge in [0, 0.05) is 35.6 Å². The molecule has 0 aliphatic heterocycles. The maximum absolute atomic E-state index is 14.4. The molecule has 0 saturated heterocycles. The van der Waals surface area contributed by atoms with Crippen LogP contribution in [0, 0.1) is 26.0 Å². The second-order valence-corrected chi connectivity index (χ2v) is 5.33. The van der Waals surface area contributed by atoms with E-state index in [2.05, 4.69) is 0 Å². The molecular formula is C18H12FN3O4. The van der Waals surface area contributed by atoms with Gasteiger partial charge in [-0.2, -0.15) is 0 Å². The molecule has 0 bridgehead atoms. The van der Waals surface area contributed by atoms with Crippen LogP contribution < -0.4 is 4.90 Å². The highest BCUT2D eigenvalue weighted by Crippen LogP contribution is 2.37. The Labute approximate surface area is 147 Å². The summed E-state index contributed by atoms with van der Waals surface area (Å²) in [6, 6.07) is 17.3. The summed E-state index contributed by atoms with van der Waals surface area (Å²) >= 11 is 0. The third-order valence-electron chi connectivity index (χ3n) is 3.73. The van der Waals surface area contributed by atoms with Gasteiger partial charge in [0.1, 0.15) is 5.82 Å². The van der Waals surface area contributed by atoms with E-state index in [0.29, 0.717) is 11.4 Å².